The van der Waals surface area contributed by atoms with Gasteiger partial charge >= 0.3 is 25.5 Å². The standard InChI is InChI=1S/C9H13N4O8P/c10-12-4-2-13(9(16)11-8(4)15)7-1-5(14)6(21-7)3-20-22(17,18)19/h5-7,14H,1-3H2,(H,11,15,16)(H2,17,18,19)/t5-,6+,7+/m0/s1. The second-order valence-electron chi connectivity index (χ2n) is 4.65. The molecule has 0 aromatic heterocycles. The minimum atomic E-state index is -4.71. The fourth-order valence-corrected chi connectivity index (χ4v) is 2.42. The zero-order valence-corrected chi connectivity index (χ0v) is 11.9. The first-order valence-corrected chi connectivity index (χ1v) is 7.61. The summed E-state index contributed by atoms with van der Waals surface area (Å²) in [6.07, 6.45) is -3.21. The van der Waals surface area contributed by atoms with Gasteiger partial charge in [0.25, 0.3) is 0 Å². The summed E-state index contributed by atoms with van der Waals surface area (Å²) in [7, 11) is -4.71. The lowest BCUT2D eigenvalue weighted by molar-refractivity contribution is -0.121. The molecule has 4 N–H and O–H groups in total. The first-order valence-electron chi connectivity index (χ1n) is 6.07. The first kappa shape index (κ1) is 16.7. The van der Waals surface area contributed by atoms with E-state index in [2.05, 4.69) is 9.31 Å². The van der Waals surface area contributed by atoms with Gasteiger partial charge in [0.05, 0.1) is 12.7 Å². The van der Waals surface area contributed by atoms with E-state index in [1.54, 1.807) is 0 Å². The average Bonchev–Trinajstić information content (AvgIpc) is 2.77. The summed E-state index contributed by atoms with van der Waals surface area (Å²) in [6.45, 7) is -0.901. The molecule has 2 rings (SSSR count). The van der Waals surface area contributed by atoms with Gasteiger partial charge in [-0.15, -0.1) is 0 Å². The Morgan fingerprint density at radius 1 is 1.50 bits per heavy atom. The van der Waals surface area contributed by atoms with Gasteiger partial charge in [0.2, 0.25) is 0 Å². The molecule has 0 saturated carbocycles. The van der Waals surface area contributed by atoms with E-state index in [4.69, 9.17) is 20.1 Å². The largest absolute Gasteiger partial charge is 0.469 e. The van der Waals surface area contributed by atoms with Crippen molar-refractivity contribution in [1.29, 1.82) is 0 Å². The molecule has 3 amide bonds. The SMILES string of the molecule is [N-]=[N+]=C1CN([C@H]2C[C@H](O)[C@@H](COP(=O)(O)O)O2)C(=O)NC1=O. The predicted octanol–water partition coefficient (Wildman–Crippen LogP) is -2.21. The van der Waals surface area contributed by atoms with E-state index in [0.717, 1.165) is 4.90 Å². The number of hydrogen-bond donors (Lipinski definition) is 4. The van der Waals surface area contributed by atoms with Gasteiger partial charge in [0.1, 0.15) is 18.9 Å². The third-order valence-corrected chi connectivity index (χ3v) is 3.63. The van der Waals surface area contributed by atoms with Gasteiger partial charge in [-0.3, -0.25) is 19.5 Å². The molecule has 0 aromatic rings. The number of urea groups is 1. The molecule has 0 unspecified atom stereocenters. The van der Waals surface area contributed by atoms with Gasteiger partial charge < -0.3 is 25.2 Å². The van der Waals surface area contributed by atoms with Gasteiger partial charge in [-0.25, -0.2) is 9.36 Å². The number of aliphatic hydroxyl groups excluding tert-OH is 1. The van der Waals surface area contributed by atoms with Gasteiger partial charge in [-0.05, 0) is 0 Å². The third kappa shape index (κ3) is 3.76. The number of imide groups is 1. The minimum Gasteiger partial charge on any atom is -0.390 e. The molecule has 13 heteroatoms. The van der Waals surface area contributed by atoms with Crippen molar-refractivity contribution in [3.63, 3.8) is 0 Å². The molecule has 0 radical (unpaired) electrons. The Kier molecular flexibility index (Phi) is 4.73. The molecule has 2 aliphatic rings. The second kappa shape index (κ2) is 6.23. The number of rotatable bonds is 4. The predicted molar refractivity (Wildman–Crippen MR) is 66.2 cm³/mol. The Bertz CT molecular complexity index is 584. The Balaban J connectivity index is 2.02. The van der Waals surface area contributed by atoms with Crippen molar-refractivity contribution in [3.8, 4) is 0 Å². The van der Waals surface area contributed by atoms with Crippen LogP contribution in [0.3, 0.4) is 0 Å². The van der Waals surface area contributed by atoms with Gasteiger partial charge in [0.15, 0.2) is 0 Å². The Morgan fingerprint density at radius 2 is 2.18 bits per heavy atom. The number of phosphoric ester groups is 1. The van der Waals surface area contributed by atoms with E-state index in [9.17, 15) is 19.3 Å². The van der Waals surface area contributed by atoms with Crippen LogP contribution in [0.4, 0.5) is 4.79 Å². The highest BCUT2D eigenvalue weighted by Crippen LogP contribution is 2.37. The number of phosphoric acid groups is 1. The summed E-state index contributed by atoms with van der Waals surface area (Å²) in [6, 6.07) is -0.800. The molecule has 12 nitrogen and oxygen atoms in total. The summed E-state index contributed by atoms with van der Waals surface area (Å²) in [4.78, 5) is 44.0. The first-order chi connectivity index (χ1) is 10.2. The number of ether oxygens (including phenoxy) is 1. The van der Waals surface area contributed by atoms with Crippen LogP contribution in [0.2, 0.25) is 0 Å². The number of carbonyl (C=O) groups is 2. The molecular weight excluding hydrogens is 323 g/mol. The molecule has 2 heterocycles. The van der Waals surface area contributed by atoms with E-state index in [-0.39, 0.29) is 18.7 Å². The lowest BCUT2D eigenvalue weighted by Gasteiger charge is -2.29. The molecule has 0 aliphatic carbocycles. The summed E-state index contributed by atoms with van der Waals surface area (Å²) in [5.74, 6) is -0.844. The molecule has 2 saturated heterocycles. The quantitative estimate of drug-likeness (QED) is 0.253. The zero-order valence-electron chi connectivity index (χ0n) is 11.0. The lowest BCUT2D eigenvalue weighted by atomic mass is 10.1. The maximum absolute atomic E-state index is 11.7. The van der Waals surface area contributed by atoms with Crippen molar-refractivity contribution in [2.75, 3.05) is 13.2 Å². The van der Waals surface area contributed by atoms with E-state index < -0.39 is 44.8 Å². The molecule has 2 fully saturated rings. The fourth-order valence-electron chi connectivity index (χ4n) is 2.08. The van der Waals surface area contributed by atoms with Crippen LogP contribution in [0.25, 0.3) is 5.53 Å². The third-order valence-electron chi connectivity index (χ3n) is 3.14. The number of nitrogens with zero attached hydrogens (tertiary/aromatic N) is 3. The van der Waals surface area contributed by atoms with Gasteiger partial charge in [-0.1, -0.05) is 0 Å². The molecule has 0 bridgehead atoms. The number of carbonyl (C=O) groups excluding carboxylic acids is 2. The second-order valence-corrected chi connectivity index (χ2v) is 5.89. The molecule has 0 spiro atoms. The van der Waals surface area contributed by atoms with Gasteiger partial charge in [0, 0.05) is 6.42 Å². The topological polar surface area (TPSA) is 182 Å². The monoisotopic (exact) mass is 336 g/mol. The Morgan fingerprint density at radius 3 is 2.77 bits per heavy atom. The van der Waals surface area contributed by atoms with Crippen molar-refractivity contribution >= 4 is 25.5 Å². The highest BCUT2D eigenvalue weighted by molar-refractivity contribution is 7.46. The molecular formula is C9H13N4O8P. The van der Waals surface area contributed by atoms with Crippen LogP contribution in [0.5, 0.6) is 0 Å². The Labute approximate surface area is 123 Å². The highest BCUT2D eigenvalue weighted by atomic mass is 31.2. The van der Waals surface area contributed by atoms with Crippen LogP contribution in [-0.4, -0.2) is 73.8 Å². The fraction of sp³-hybridized carbons (Fsp3) is 0.667. The highest BCUT2D eigenvalue weighted by Gasteiger charge is 2.44. The molecule has 0 aromatic carbocycles. The number of aliphatic hydroxyl groups is 1. The summed E-state index contributed by atoms with van der Waals surface area (Å²) in [5, 5.41) is 11.7. The molecule has 2 aliphatic heterocycles. The van der Waals surface area contributed by atoms with Crippen LogP contribution < -0.4 is 5.32 Å². The van der Waals surface area contributed by atoms with Crippen molar-refractivity contribution in [3.05, 3.63) is 5.53 Å². The van der Waals surface area contributed by atoms with Crippen molar-refractivity contribution in [1.82, 2.24) is 10.2 Å². The van der Waals surface area contributed by atoms with Crippen LogP contribution in [0.1, 0.15) is 6.42 Å². The summed E-state index contributed by atoms with van der Waals surface area (Å²) < 4.78 is 20.2. The van der Waals surface area contributed by atoms with Crippen LogP contribution >= 0.6 is 7.82 Å². The average molecular weight is 336 g/mol. The molecule has 3 atom stereocenters. The van der Waals surface area contributed by atoms with E-state index in [1.807, 2.05) is 5.32 Å². The van der Waals surface area contributed by atoms with Crippen LogP contribution in [0, 0.1) is 0 Å². The lowest BCUT2D eigenvalue weighted by Crippen LogP contribution is -2.58. The molecule has 22 heavy (non-hydrogen) atoms. The number of hydrogen-bond acceptors (Lipinski definition) is 6. The molecule has 122 valence electrons. The minimum absolute atomic E-state index is 0.0600. The maximum Gasteiger partial charge on any atom is 0.469 e. The smallest absolute Gasteiger partial charge is 0.390 e. The van der Waals surface area contributed by atoms with Crippen molar-refractivity contribution in [2.24, 2.45) is 0 Å². The number of nitrogens with one attached hydrogen (secondary N) is 1. The van der Waals surface area contributed by atoms with E-state index >= 15 is 0 Å². The summed E-state index contributed by atoms with van der Waals surface area (Å²) >= 11 is 0. The van der Waals surface area contributed by atoms with Gasteiger partial charge in [-0.2, -0.15) is 4.79 Å². The van der Waals surface area contributed by atoms with Crippen molar-refractivity contribution < 1.29 is 43.1 Å². The van der Waals surface area contributed by atoms with Crippen molar-refractivity contribution in [2.45, 2.75) is 24.9 Å². The van der Waals surface area contributed by atoms with Crippen LogP contribution in [0.15, 0.2) is 0 Å². The summed E-state index contributed by atoms with van der Waals surface area (Å²) in [5.41, 5.74) is 8.37. The number of amides is 3. The Hall–Kier alpha value is -1.65. The van der Waals surface area contributed by atoms with E-state index in [1.165, 1.54) is 0 Å². The van der Waals surface area contributed by atoms with E-state index in [0.29, 0.717) is 0 Å². The normalized spacial score (nSPS) is 29.5. The zero-order chi connectivity index (χ0) is 16.5. The maximum atomic E-state index is 11.7. The van der Waals surface area contributed by atoms with Crippen LogP contribution in [-0.2, 0) is 18.6 Å².